The van der Waals surface area contributed by atoms with Crippen molar-refractivity contribution in [1.82, 2.24) is 4.90 Å². The molecule has 2 unspecified atom stereocenters. The monoisotopic (exact) mass is 264 g/mol. The first kappa shape index (κ1) is 13.6. The van der Waals surface area contributed by atoms with Gasteiger partial charge >= 0.3 is 6.18 Å². The van der Waals surface area contributed by atoms with Crippen LogP contribution in [0.25, 0.3) is 0 Å². The van der Waals surface area contributed by atoms with Crippen molar-refractivity contribution in [3.63, 3.8) is 0 Å². The molecule has 6 heteroatoms. The van der Waals surface area contributed by atoms with Gasteiger partial charge in [0.15, 0.2) is 0 Å². The summed E-state index contributed by atoms with van der Waals surface area (Å²) < 4.78 is 39.0. The van der Waals surface area contributed by atoms with Crippen LogP contribution in [0.3, 0.4) is 0 Å². The minimum Gasteiger partial charge on any atom is -0.369 e. The number of likely N-dealkylation sites (tertiary alicyclic amines) is 1. The van der Waals surface area contributed by atoms with E-state index in [4.69, 9.17) is 5.73 Å². The zero-order valence-corrected chi connectivity index (χ0v) is 10.2. The maximum Gasteiger partial charge on any atom is 0.404 e. The predicted octanol–water partition coefficient (Wildman–Crippen LogP) is 2.06. The molecule has 2 rings (SSSR count). The molecule has 104 valence electrons. The van der Waals surface area contributed by atoms with E-state index in [1.165, 1.54) is 4.90 Å². The lowest BCUT2D eigenvalue weighted by Gasteiger charge is -2.42. The summed E-state index contributed by atoms with van der Waals surface area (Å²) in [6.45, 7) is 0.171. The molecule has 2 N–H and O–H groups in total. The van der Waals surface area contributed by atoms with Gasteiger partial charge in [-0.25, -0.2) is 0 Å². The van der Waals surface area contributed by atoms with Gasteiger partial charge in [-0.1, -0.05) is 12.8 Å². The molecule has 0 spiro atoms. The van der Waals surface area contributed by atoms with E-state index in [-0.39, 0.29) is 25.4 Å². The Morgan fingerprint density at radius 3 is 2.22 bits per heavy atom. The SMILES string of the molecule is NC(=O)C1CCC(C(F)(F)F)N(C2CCCC2)C1. The third-order valence-corrected chi connectivity index (χ3v) is 4.19. The van der Waals surface area contributed by atoms with Gasteiger partial charge in [-0.05, 0) is 25.7 Å². The van der Waals surface area contributed by atoms with E-state index in [9.17, 15) is 18.0 Å². The number of carbonyl (C=O) groups excluding carboxylic acids is 1. The van der Waals surface area contributed by atoms with E-state index >= 15 is 0 Å². The molecule has 0 aromatic heterocycles. The van der Waals surface area contributed by atoms with Gasteiger partial charge in [0.1, 0.15) is 6.04 Å². The summed E-state index contributed by atoms with van der Waals surface area (Å²) in [5.74, 6) is -0.900. The smallest absolute Gasteiger partial charge is 0.369 e. The molecule has 0 bridgehead atoms. The molecule has 0 aromatic rings. The van der Waals surface area contributed by atoms with E-state index in [0.29, 0.717) is 0 Å². The highest BCUT2D eigenvalue weighted by Crippen LogP contribution is 2.38. The van der Waals surface area contributed by atoms with Crippen molar-refractivity contribution in [2.75, 3.05) is 6.54 Å². The highest BCUT2D eigenvalue weighted by molar-refractivity contribution is 5.77. The van der Waals surface area contributed by atoms with Gasteiger partial charge in [0.25, 0.3) is 0 Å². The fourth-order valence-electron chi connectivity index (χ4n) is 3.22. The summed E-state index contributed by atoms with van der Waals surface area (Å²) in [5.41, 5.74) is 5.24. The van der Waals surface area contributed by atoms with Crippen LogP contribution in [0.4, 0.5) is 13.2 Å². The third kappa shape index (κ3) is 2.79. The Morgan fingerprint density at radius 2 is 1.72 bits per heavy atom. The molecule has 18 heavy (non-hydrogen) atoms. The van der Waals surface area contributed by atoms with E-state index < -0.39 is 24.0 Å². The normalized spacial score (nSPS) is 31.7. The Kier molecular flexibility index (Phi) is 3.84. The number of halogens is 3. The molecule has 2 fully saturated rings. The molecule has 1 saturated heterocycles. The summed E-state index contributed by atoms with van der Waals surface area (Å²) >= 11 is 0. The van der Waals surface area contributed by atoms with Gasteiger partial charge in [-0.15, -0.1) is 0 Å². The first-order chi connectivity index (χ1) is 8.39. The Bertz CT molecular complexity index is 313. The number of piperidine rings is 1. The Hall–Kier alpha value is -0.780. The van der Waals surface area contributed by atoms with Gasteiger partial charge in [-0.3, -0.25) is 9.69 Å². The second-order valence-electron chi connectivity index (χ2n) is 5.37. The Morgan fingerprint density at radius 1 is 1.11 bits per heavy atom. The fraction of sp³-hybridized carbons (Fsp3) is 0.917. The van der Waals surface area contributed by atoms with Gasteiger partial charge in [0.2, 0.25) is 5.91 Å². The van der Waals surface area contributed by atoms with Crippen molar-refractivity contribution in [3.8, 4) is 0 Å². The number of alkyl halides is 3. The average molecular weight is 264 g/mol. The number of hydrogen-bond acceptors (Lipinski definition) is 2. The molecule has 1 saturated carbocycles. The quantitative estimate of drug-likeness (QED) is 0.829. The summed E-state index contributed by atoms with van der Waals surface area (Å²) in [6.07, 6.45) is -0.391. The third-order valence-electron chi connectivity index (χ3n) is 4.19. The number of primary amides is 1. The van der Waals surface area contributed by atoms with Crippen LogP contribution >= 0.6 is 0 Å². The van der Waals surface area contributed by atoms with Crippen molar-refractivity contribution in [2.24, 2.45) is 11.7 Å². The molecule has 1 aliphatic carbocycles. The average Bonchev–Trinajstić information content (AvgIpc) is 2.80. The molecule has 3 nitrogen and oxygen atoms in total. The molecule has 2 aliphatic rings. The van der Waals surface area contributed by atoms with Crippen LogP contribution in [0.2, 0.25) is 0 Å². The molecular weight excluding hydrogens is 245 g/mol. The molecule has 2 atom stereocenters. The molecule has 0 aromatic carbocycles. The van der Waals surface area contributed by atoms with Crippen LogP contribution in [0.1, 0.15) is 38.5 Å². The second kappa shape index (κ2) is 5.07. The van der Waals surface area contributed by atoms with Crippen molar-refractivity contribution in [2.45, 2.75) is 56.8 Å². The predicted molar refractivity (Wildman–Crippen MR) is 60.7 cm³/mol. The molecule has 1 aliphatic heterocycles. The minimum atomic E-state index is -4.20. The van der Waals surface area contributed by atoms with Gasteiger partial charge < -0.3 is 5.73 Å². The zero-order chi connectivity index (χ0) is 13.3. The van der Waals surface area contributed by atoms with Crippen LogP contribution in [0.15, 0.2) is 0 Å². The van der Waals surface area contributed by atoms with Crippen molar-refractivity contribution >= 4 is 5.91 Å². The van der Waals surface area contributed by atoms with Gasteiger partial charge in [0, 0.05) is 12.6 Å². The van der Waals surface area contributed by atoms with Gasteiger partial charge in [0.05, 0.1) is 5.92 Å². The van der Waals surface area contributed by atoms with E-state index in [0.717, 1.165) is 25.7 Å². The van der Waals surface area contributed by atoms with Crippen LogP contribution in [0, 0.1) is 5.92 Å². The summed E-state index contributed by atoms with van der Waals surface area (Å²) in [7, 11) is 0. The molecule has 0 radical (unpaired) electrons. The first-order valence-corrected chi connectivity index (χ1v) is 6.51. The van der Waals surface area contributed by atoms with E-state index in [1.54, 1.807) is 0 Å². The van der Waals surface area contributed by atoms with E-state index in [2.05, 4.69) is 0 Å². The highest BCUT2D eigenvalue weighted by Gasteiger charge is 2.49. The van der Waals surface area contributed by atoms with Crippen molar-refractivity contribution < 1.29 is 18.0 Å². The number of rotatable bonds is 2. The lowest BCUT2D eigenvalue weighted by molar-refractivity contribution is -0.201. The molecular formula is C12H19F3N2O. The van der Waals surface area contributed by atoms with Crippen molar-refractivity contribution in [3.05, 3.63) is 0 Å². The number of carbonyl (C=O) groups is 1. The lowest BCUT2D eigenvalue weighted by atomic mass is 9.90. The molecule has 1 heterocycles. The van der Waals surface area contributed by atoms with Crippen LogP contribution in [0.5, 0.6) is 0 Å². The number of nitrogens with zero attached hydrogens (tertiary/aromatic N) is 1. The fourth-order valence-corrected chi connectivity index (χ4v) is 3.22. The van der Waals surface area contributed by atoms with Crippen LogP contribution < -0.4 is 5.73 Å². The first-order valence-electron chi connectivity index (χ1n) is 6.51. The molecule has 1 amide bonds. The highest BCUT2D eigenvalue weighted by atomic mass is 19.4. The standard InChI is InChI=1S/C12H19F3N2O/c13-12(14,15)10-6-5-8(11(16)18)7-17(10)9-3-1-2-4-9/h8-10H,1-7H2,(H2,16,18). The summed E-state index contributed by atoms with van der Waals surface area (Å²) in [6, 6.07) is -1.42. The largest absolute Gasteiger partial charge is 0.404 e. The van der Waals surface area contributed by atoms with Crippen molar-refractivity contribution in [1.29, 1.82) is 0 Å². The summed E-state index contributed by atoms with van der Waals surface area (Å²) in [4.78, 5) is 12.7. The van der Waals surface area contributed by atoms with Crippen LogP contribution in [-0.2, 0) is 4.79 Å². The Labute approximate surface area is 104 Å². The maximum atomic E-state index is 13.0. The number of nitrogens with two attached hydrogens (primary N) is 1. The lowest BCUT2D eigenvalue weighted by Crippen LogP contribution is -2.56. The topological polar surface area (TPSA) is 46.3 Å². The maximum absolute atomic E-state index is 13.0. The zero-order valence-electron chi connectivity index (χ0n) is 10.2. The number of hydrogen-bond donors (Lipinski definition) is 1. The Balaban J connectivity index is 2.12. The van der Waals surface area contributed by atoms with Gasteiger partial charge in [-0.2, -0.15) is 13.2 Å². The second-order valence-corrected chi connectivity index (χ2v) is 5.37. The number of amides is 1. The summed E-state index contributed by atoms with van der Waals surface area (Å²) in [5, 5.41) is 0. The van der Waals surface area contributed by atoms with Crippen LogP contribution in [-0.4, -0.2) is 35.6 Å². The minimum absolute atomic E-state index is 0.00634. The van der Waals surface area contributed by atoms with E-state index in [1.807, 2.05) is 0 Å².